The topological polar surface area (TPSA) is 37.4 Å². The number of hydrogen-bond acceptors (Lipinski definition) is 4. The average Bonchev–Trinajstić information content (AvgIpc) is 2.55. The lowest BCUT2D eigenvalue weighted by molar-refractivity contribution is 0.300. The van der Waals surface area contributed by atoms with Gasteiger partial charge in [0.15, 0.2) is 0 Å². The zero-order valence-electron chi connectivity index (χ0n) is 11.8. The summed E-state index contributed by atoms with van der Waals surface area (Å²) in [6, 6.07) is 10.7. The van der Waals surface area contributed by atoms with Gasteiger partial charge in [-0.2, -0.15) is 0 Å². The Kier molecular flexibility index (Phi) is 4.31. The van der Waals surface area contributed by atoms with Crippen molar-refractivity contribution in [2.24, 2.45) is 0 Å². The van der Waals surface area contributed by atoms with Crippen molar-refractivity contribution in [1.29, 1.82) is 0 Å². The van der Waals surface area contributed by atoms with Gasteiger partial charge in [0.05, 0.1) is 11.4 Å². The minimum Gasteiger partial charge on any atom is -0.487 e. The Morgan fingerprint density at radius 1 is 1.19 bits per heavy atom. The van der Waals surface area contributed by atoms with Crippen molar-refractivity contribution in [3.8, 4) is 5.75 Å². The SMILES string of the molecule is Fc1cc(OCc2ccccn2)ccc1N1CCNCC1. The van der Waals surface area contributed by atoms with E-state index in [1.54, 1.807) is 12.3 Å². The fourth-order valence-electron chi connectivity index (χ4n) is 2.38. The smallest absolute Gasteiger partial charge is 0.150 e. The lowest BCUT2D eigenvalue weighted by atomic mass is 10.2. The lowest BCUT2D eigenvalue weighted by Gasteiger charge is -2.29. The third-order valence-electron chi connectivity index (χ3n) is 3.49. The van der Waals surface area contributed by atoms with Crippen LogP contribution >= 0.6 is 0 Å². The lowest BCUT2D eigenvalue weighted by Crippen LogP contribution is -2.43. The minimum atomic E-state index is -0.240. The third kappa shape index (κ3) is 3.49. The summed E-state index contributed by atoms with van der Waals surface area (Å²) in [4.78, 5) is 6.22. The van der Waals surface area contributed by atoms with Crippen molar-refractivity contribution in [3.05, 3.63) is 54.1 Å². The Bertz CT molecular complexity index is 585. The number of hydrogen-bond donors (Lipinski definition) is 1. The highest BCUT2D eigenvalue weighted by atomic mass is 19.1. The highest BCUT2D eigenvalue weighted by Crippen LogP contribution is 2.24. The summed E-state index contributed by atoms with van der Waals surface area (Å²) in [6.07, 6.45) is 1.72. The molecule has 1 N–H and O–H groups in total. The number of benzene rings is 1. The largest absolute Gasteiger partial charge is 0.487 e. The highest BCUT2D eigenvalue weighted by Gasteiger charge is 2.14. The van der Waals surface area contributed by atoms with Crippen LogP contribution in [0.3, 0.4) is 0 Å². The second-order valence-electron chi connectivity index (χ2n) is 4.96. The molecular formula is C16H18FN3O. The monoisotopic (exact) mass is 287 g/mol. The van der Waals surface area contributed by atoms with Gasteiger partial charge in [-0.15, -0.1) is 0 Å². The van der Waals surface area contributed by atoms with Crippen LogP contribution in [0.5, 0.6) is 5.75 Å². The van der Waals surface area contributed by atoms with E-state index in [0.717, 1.165) is 31.9 Å². The number of ether oxygens (including phenoxy) is 1. The normalized spacial score (nSPS) is 15.0. The van der Waals surface area contributed by atoms with Gasteiger partial charge in [-0.3, -0.25) is 4.98 Å². The number of nitrogens with zero attached hydrogens (tertiary/aromatic N) is 2. The molecule has 0 aliphatic carbocycles. The maximum Gasteiger partial charge on any atom is 0.150 e. The van der Waals surface area contributed by atoms with E-state index < -0.39 is 0 Å². The quantitative estimate of drug-likeness (QED) is 0.935. The standard InChI is InChI=1S/C16H18FN3O/c17-15-11-14(21-12-13-3-1-2-6-19-13)4-5-16(15)20-9-7-18-8-10-20/h1-6,11,18H,7-10,12H2. The number of halogens is 1. The van der Waals surface area contributed by atoms with E-state index in [-0.39, 0.29) is 5.82 Å². The predicted molar refractivity (Wildman–Crippen MR) is 80.1 cm³/mol. The van der Waals surface area contributed by atoms with Crippen molar-refractivity contribution in [3.63, 3.8) is 0 Å². The van der Waals surface area contributed by atoms with Crippen molar-refractivity contribution >= 4 is 5.69 Å². The fourth-order valence-corrected chi connectivity index (χ4v) is 2.38. The molecule has 5 heteroatoms. The molecule has 0 atom stereocenters. The van der Waals surface area contributed by atoms with Crippen LogP contribution in [0.2, 0.25) is 0 Å². The maximum absolute atomic E-state index is 14.2. The van der Waals surface area contributed by atoms with Gasteiger partial charge < -0.3 is 15.0 Å². The molecule has 1 saturated heterocycles. The molecule has 3 rings (SSSR count). The zero-order chi connectivity index (χ0) is 14.5. The van der Waals surface area contributed by atoms with E-state index >= 15 is 0 Å². The van der Waals surface area contributed by atoms with Gasteiger partial charge in [-0.05, 0) is 24.3 Å². The summed E-state index contributed by atoms with van der Waals surface area (Å²) in [5, 5.41) is 3.26. The van der Waals surface area contributed by atoms with Crippen LogP contribution in [0.1, 0.15) is 5.69 Å². The third-order valence-corrected chi connectivity index (χ3v) is 3.49. The van der Waals surface area contributed by atoms with E-state index in [1.165, 1.54) is 6.07 Å². The Morgan fingerprint density at radius 2 is 2.05 bits per heavy atom. The van der Waals surface area contributed by atoms with Gasteiger partial charge in [-0.1, -0.05) is 6.07 Å². The maximum atomic E-state index is 14.2. The van der Waals surface area contributed by atoms with Crippen LogP contribution in [0.4, 0.5) is 10.1 Å². The first-order valence-corrected chi connectivity index (χ1v) is 7.11. The molecule has 1 fully saturated rings. The van der Waals surface area contributed by atoms with Crippen LogP contribution in [0.25, 0.3) is 0 Å². The predicted octanol–water partition coefficient (Wildman–Crippen LogP) is 2.21. The van der Waals surface area contributed by atoms with Crippen molar-refractivity contribution in [2.45, 2.75) is 6.61 Å². The molecule has 1 aromatic carbocycles. The molecule has 1 aliphatic heterocycles. The molecule has 1 aromatic heterocycles. The van der Waals surface area contributed by atoms with Gasteiger partial charge in [0, 0.05) is 38.4 Å². The number of anilines is 1. The molecule has 2 aromatic rings. The van der Waals surface area contributed by atoms with Crippen LogP contribution in [-0.4, -0.2) is 31.2 Å². The van der Waals surface area contributed by atoms with Crippen molar-refractivity contribution in [1.82, 2.24) is 10.3 Å². The number of piperazine rings is 1. The molecule has 0 bridgehead atoms. The van der Waals surface area contributed by atoms with Crippen LogP contribution in [0.15, 0.2) is 42.6 Å². The molecule has 0 radical (unpaired) electrons. The molecule has 0 spiro atoms. The van der Waals surface area contributed by atoms with Crippen LogP contribution in [0, 0.1) is 5.82 Å². The summed E-state index contributed by atoms with van der Waals surface area (Å²) in [6.45, 7) is 3.76. The first kappa shape index (κ1) is 13.8. The van der Waals surface area contributed by atoms with E-state index in [9.17, 15) is 4.39 Å². The summed E-state index contributed by atoms with van der Waals surface area (Å²) >= 11 is 0. The zero-order valence-corrected chi connectivity index (χ0v) is 11.8. The summed E-state index contributed by atoms with van der Waals surface area (Å²) in [5.74, 6) is 0.285. The van der Waals surface area contributed by atoms with Crippen molar-refractivity contribution in [2.75, 3.05) is 31.1 Å². The fraction of sp³-hybridized carbons (Fsp3) is 0.312. The number of nitrogens with one attached hydrogen (secondary N) is 1. The number of rotatable bonds is 4. The van der Waals surface area contributed by atoms with Gasteiger partial charge in [0.25, 0.3) is 0 Å². The minimum absolute atomic E-state index is 0.240. The number of aromatic nitrogens is 1. The average molecular weight is 287 g/mol. The molecule has 110 valence electrons. The van der Waals surface area contributed by atoms with Gasteiger partial charge in [-0.25, -0.2) is 4.39 Å². The van der Waals surface area contributed by atoms with Gasteiger partial charge in [0.1, 0.15) is 18.2 Å². The summed E-state index contributed by atoms with van der Waals surface area (Å²) < 4.78 is 19.8. The first-order valence-electron chi connectivity index (χ1n) is 7.11. The van der Waals surface area contributed by atoms with Crippen LogP contribution < -0.4 is 15.0 Å². The number of pyridine rings is 1. The van der Waals surface area contributed by atoms with Crippen molar-refractivity contribution < 1.29 is 9.13 Å². The first-order chi connectivity index (χ1) is 10.3. The molecule has 2 heterocycles. The Balaban J connectivity index is 1.66. The van der Waals surface area contributed by atoms with E-state index in [4.69, 9.17) is 4.74 Å². The molecule has 0 unspecified atom stereocenters. The molecular weight excluding hydrogens is 269 g/mol. The summed E-state index contributed by atoms with van der Waals surface area (Å²) in [5.41, 5.74) is 1.46. The Hall–Kier alpha value is -2.14. The van der Waals surface area contributed by atoms with Gasteiger partial charge >= 0.3 is 0 Å². The molecule has 1 aliphatic rings. The Morgan fingerprint density at radius 3 is 2.76 bits per heavy atom. The second-order valence-corrected chi connectivity index (χ2v) is 4.96. The van der Waals surface area contributed by atoms with E-state index in [1.807, 2.05) is 29.2 Å². The Labute approximate surface area is 123 Å². The summed E-state index contributed by atoms with van der Waals surface area (Å²) in [7, 11) is 0. The highest BCUT2D eigenvalue weighted by molar-refractivity contribution is 5.51. The van der Waals surface area contributed by atoms with Crippen LogP contribution in [-0.2, 0) is 6.61 Å². The molecule has 4 nitrogen and oxygen atoms in total. The molecule has 0 amide bonds. The van der Waals surface area contributed by atoms with E-state index in [0.29, 0.717) is 18.0 Å². The second kappa shape index (κ2) is 6.54. The van der Waals surface area contributed by atoms with Gasteiger partial charge in [0.2, 0.25) is 0 Å². The molecule has 0 saturated carbocycles. The molecule has 21 heavy (non-hydrogen) atoms. The van der Waals surface area contributed by atoms with E-state index in [2.05, 4.69) is 10.3 Å².